The first-order chi connectivity index (χ1) is 11.6. The van der Waals surface area contributed by atoms with Crippen LogP contribution in [-0.2, 0) is 0 Å². The maximum Gasteiger partial charge on any atom is 0.254 e. The number of methoxy groups -OCH3 is 2. The zero-order valence-electron chi connectivity index (χ0n) is 14.2. The summed E-state index contributed by atoms with van der Waals surface area (Å²) in [7, 11) is 3.14. The number of likely N-dealkylation sites (tertiary alicyclic amines) is 1. The first-order valence-electron chi connectivity index (χ1n) is 8.06. The van der Waals surface area contributed by atoms with Gasteiger partial charge < -0.3 is 14.4 Å². The van der Waals surface area contributed by atoms with Crippen LogP contribution in [0.3, 0.4) is 0 Å². The van der Waals surface area contributed by atoms with Crippen LogP contribution in [-0.4, -0.2) is 46.8 Å². The van der Waals surface area contributed by atoms with Crippen molar-refractivity contribution in [2.45, 2.75) is 32.2 Å². The monoisotopic (exact) mass is 330 g/mol. The zero-order valence-corrected chi connectivity index (χ0v) is 14.2. The van der Waals surface area contributed by atoms with Crippen LogP contribution in [0, 0.1) is 6.92 Å². The molecule has 0 bridgehead atoms. The van der Waals surface area contributed by atoms with E-state index in [0.717, 1.165) is 25.1 Å². The van der Waals surface area contributed by atoms with Gasteiger partial charge >= 0.3 is 0 Å². The van der Waals surface area contributed by atoms with Crippen LogP contribution in [0.5, 0.6) is 11.5 Å². The molecule has 128 valence electrons. The average molecular weight is 330 g/mol. The number of rotatable bonds is 4. The Balaban J connectivity index is 1.89. The van der Waals surface area contributed by atoms with Crippen molar-refractivity contribution >= 4 is 5.91 Å². The maximum atomic E-state index is 13.0. The lowest BCUT2D eigenvalue weighted by atomic mass is 10.00. The van der Waals surface area contributed by atoms with Gasteiger partial charge in [-0.05, 0) is 44.4 Å². The first-order valence-corrected chi connectivity index (χ1v) is 8.06. The molecule has 3 rings (SSSR count). The summed E-state index contributed by atoms with van der Waals surface area (Å²) in [6.07, 6.45) is 2.92. The van der Waals surface area contributed by atoms with Gasteiger partial charge in [-0.1, -0.05) is 0 Å². The highest BCUT2D eigenvalue weighted by molar-refractivity contribution is 5.95. The fraction of sp³-hybridized carbons (Fsp3) is 0.471. The lowest BCUT2D eigenvalue weighted by Crippen LogP contribution is -2.39. The van der Waals surface area contributed by atoms with E-state index in [2.05, 4.69) is 15.2 Å². The van der Waals surface area contributed by atoms with Crippen molar-refractivity contribution in [2.75, 3.05) is 20.8 Å². The molecule has 24 heavy (non-hydrogen) atoms. The Morgan fingerprint density at radius 3 is 2.71 bits per heavy atom. The van der Waals surface area contributed by atoms with E-state index in [-0.39, 0.29) is 11.9 Å². The molecule has 2 heterocycles. The number of hydrogen-bond acceptors (Lipinski definition) is 5. The van der Waals surface area contributed by atoms with Crippen LogP contribution in [0.15, 0.2) is 18.2 Å². The fourth-order valence-electron chi connectivity index (χ4n) is 3.09. The summed E-state index contributed by atoms with van der Waals surface area (Å²) in [5, 5.41) is 7.12. The molecule has 1 unspecified atom stereocenters. The number of aromatic nitrogens is 3. The smallest absolute Gasteiger partial charge is 0.254 e. The van der Waals surface area contributed by atoms with Gasteiger partial charge in [0, 0.05) is 12.1 Å². The molecule has 0 radical (unpaired) electrons. The molecule has 1 aromatic heterocycles. The largest absolute Gasteiger partial charge is 0.493 e. The summed E-state index contributed by atoms with van der Waals surface area (Å²) in [6.45, 7) is 2.56. The predicted octanol–water partition coefficient (Wildman–Crippen LogP) is 2.50. The van der Waals surface area contributed by atoms with Crippen LogP contribution in [0.4, 0.5) is 0 Å². The van der Waals surface area contributed by atoms with Gasteiger partial charge in [0.05, 0.1) is 20.3 Å². The van der Waals surface area contributed by atoms with Crippen molar-refractivity contribution < 1.29 is 14.3 Å². The predicted molar refractivity (Wildman–Crippen MR) is 88.3 cm³/mol. The van der Waals surface area contributed by atoms with E-state index in [9.17, 15) is 4.79 Å². The van der Waals surface area contributed by atoms with Crippen molar-refractivity contribution in [3.63, 3.8) is 0 Å². The van der Waals surface area contributed by atoms with E-state index < -0.39 is 0 Å². The third-order valence-corrected chi connectivity index (χ3v) is 4.31. The number of carbonyl (C=O) groups is 1. The minimum absolute atomic E-state index is 0.0388. The first kappa shape index (κ1) is 16.3. The lowest BCUT2D eigenvalue weighted by Gasteiger charge is -2.34. The molecule has 7 nitrogen and oxygen atoms in total. The Kier molecular flexibility index (Phi) is 4.69. The minimum Gasteiger partial charge on any atom is -0.493 e. The Hall–Kier alpha value is -2.57. The summed E-state index contributed by atoms with van der Waals surface area (Å²) >= 11 is 0. The number of amides is 1. The van der Waals surface area contributed by atoms with Crippen molar-refractivity contribution in [1.82, 2.24) is 20.1 Å². The molecule has 1 aromatic carbocycles. The highest BCUT2D eigenvalue weighted by Crippen LogP contribution is 2.32. The number of carbonyl (C=O) groups excluding carboxylic acids is 1. The number of ether oxygens (including phenoxy) is 2. The van der Waals surface area contributed by atoms with E-state index in [1.165, 1.54) is 0 Å². The molecule has 1 fully saturated rings. The summed E-state index contributed by atoms with van der Waals surface area (Å²) in [5.74, 6) is 2.55. The van der Waals surface area contributed by atoms with Crippen molar-refractivity contribution in [3.05, 3.63) is 35.4 Å². The van der Waals surface area contributed by atoms with Gasteiger partial charge in [-0.3, -0.25) is 9.89 Å². The zero-order chi connectivity index (χ0) is 17.1. The molecule has 7 heteroatoms. The number of piperidine rings is 1. The maximum absolute atomic E-state index is 13.0. The number of aryl methyl sites for hydroxylation is 1. The molecule has 1 amide bonds. The molecule has 1 aliphatic rings. The van der Waals surface area contributed by atoms with Crippen LogP contribution < -0.4 is 9.47 Å². The number of H-pyrrole nitrogens is 1. The normalized spacial score (nSPS) is 17.6. The standard InChI is InChI=1S/C17H22N4O3/c1-11-18-16(20-19-11)13-6-4-5-9-21(13)17(22)12-7-8-14(23-2)15(10-12)24-3/h7-8,10,13H,4-6,9H2,1-3H3,(H,18,19,20). The van der Waals surface area contributed by atoms with Gasteiger partial charge in [-0.2, -0.15) is 5.10 Å². The second-order valence-corrected chi connectivity index (χ2v) is 5.86. The van der Waals surface area contributed by atoms with Crippen molar-refractivity contribution in [3.8, 4) is 11.5 Å². The molecular formula is C17H22N4O3. The molecule has 1 saturated heterocycles. The highest BCUT2D eigenvalue weighted by Gasteiger charge is 2.31. The molecule has 1 atom stereocenters. The summed E-state index contributed by atoms with van der Waals surface area (Å²) in [6, 6.07) is 5.14. The third-order valence-electron chi connectivity index (χ3n) is 4.31. The van der Waals surface area contributed by atoms with Gasteiger partial charge in [0.25, 0.3) is 5.91 Å². The number of hydrogen-bond donors (Lipinski definition) is 1. The van der Waals surface area contributed by atoms with E-state index in [4.69, 9.17) is 9.47 Å². The quantitative estimate of drug-likeness (QED) is 0.931. The summed E-state index contributed by atoms with van der Waals surface area (Å²) < 4.78 is 10.5. The van der Waals surface area contributed by atoms with E-state index in [1.807, 2.05) is 11.8 Å². The van der Waals surface area contributed by atoms with Crippen molar-refractivity contribution in [2.24, 2.45) is 0 Å². The number of aromatic amines is 1. The van der Waals surface area contributed by atoms with E-state index >= 15 is 0 Å². The summed E-state index contributed by atoms with van der Waals surface area (Å²) in [5.41, 5.74) is 0.576. The Bertz CT molecular complexity index is 728. The lowest BCUT2D eigenvalue weighted by molar-refractivity contribution is 0.0600. The van der Waals surface area contributed by atoms with Crippen LogP contribution >= 0.6 is 0 Å². The molecule has 1 N–H and O–H groups in total. The van der Waals surface area contributed by atoms with Gasteiger partial charge in [0.15, 0.2) is 17.3 Å². The third kappa shape index (κ3) is 3.06. The summed E-state index contributed by atoms with van der Waals surface area (Å²) in [4.78, 5) is 19.3. The minimum atomic E-state index is -0.0932. The highest BCUT2D eigenvalue weighted by atomic mass is 16.5. The molecule has 0 saturated carbocycles. The Labute approximate surface area is 141 Å². The second-order valence-electron chi connectivity index (χ2n) is 5.86. The van der Waals surface area contributed by atoms with E-state index in [1.54, 1.807) is 32.4 Å². The Morgan fingerprint density at radius 2 is 2.04 bits per heavy atom. The second kappa shape index (κ2) is 6.90. The number of nitrogens with zero attached hydrogens (tertiary/aromatic N) is 3. The van der Waals surface area contributed by atoms with Crippen LogP contribution in [0.25, 0.3) is 0 Å². The number of nitrogens with one attached hydrogen (secondary N) is 1. The van der Waals surface area contributed by atoms with E-state index in [0.29, 0.717) is 29.4 Å². The van der Waals surface area contributed by atoms with Gasteiger partial charge in [0.1, 0.15) is 5.82 Å². The molecule has 0 aliphatic carbocycles. The van der Waals surface area contributed by atoms with Crippen LogP contribution in [0.2, 0.25) is 0 Å². The SMILES string of the molecule is COc1ccc(C(=O)N2CCCCC2c2n[nH]c(C)n2)cc1OC. The topological polar surface area (TPSA) is 80.3 Å². The number of benzene rings is 1. The van der Waals surface area contributed by atoms with Gasteiger partial charge in [-0.25, -0.2) is 4.98 Å². The average Bonchev–Trinajstić information content (AvgIpc) is 3.06. The van der Waals surface area contributed by atoms with Gasteiger partial charge in [-0.15, -0.1) is 0 Å². The fourth-order valence-corrected chi connectivity index (χ4v) is 3.09. The molecule has 1 aliphatic heterocycles. The molecule has 2 aromatic rings. The van der Waals surface area contributed by atoms with Gasteiger partial charge in [0.2, 0.25) is 0 Å². The van der Waals surface area contributed by atoms with Crippen molar-refractivity contribution in [1.29, 1.82) is 0 Å². The Morgan fingerprint density at radius 1 is 1.25 bits per heavy atom. The van der Waals surface area contributed by atoms with Crippen LogP contribution in [0.1, 0.15) is 47.3 Å². The molecule has 0 spiro atoms. The molecular weight excluding hydrogens is 308 g/mol.